The molecule has 0 saturated carbocycles. The van der Waals surface area contributed by atoms with Crippen molar-refractivity contribution in [2.75, 3.05) is 6.61 Å². The molecular weight excluding hydrogens is 472 g/mol. The monoisotopic (exact) mass is 487 g/mol. The van der Waals surface area contributed by atoms with Crippen LogP contribution in [0.2, 0.25) is 0 Å². The van der Waals surface area contributed by atoms with Gasteiger partial charge in [0.2, 0.25) is 0 Å². The molecular formula is C23H16BrF2NO4. The number of benzene rings is 3. The van der Waals surface area contributed by atoms with Crippen LogP contribution in [-0.2, 0) is 9.53 Å². The van der Waals surface area contributed by atoms with Gasteiger partial charge in [0.05, 0.1) is 4.47 Å². The molecule has 0 aliphatic heterocycles. The largest absolute Gasteiger partial charge is 0.479 e. The zero-order valence-electron chi connectivity index (χ0n) is 15.9. The summed E-state index contributed by atoms with van der Waals surface area (Å²) in [5.41, 5.74) is 3.56. The van der Waals surface area contributed by atoms with Crippen LogP contribution in [0.25, 0.3) is 11.1 Å². The Morgan fingerprint density at radius 1 is 0.968 bits per heavy atom. The first-order chi connectivity index (χ1) is 14.9. The van der Waals surface area contributed by atoms with E-state index in [9.17, 15) is 23.5 Å². The molecule has 0 aromatic heterocycles. The first kappa shape index (κ1) is 21.0. The summed E-state index contributed by atoms with van der Waals surface area (Å²) in [7, 11) is 0. The van der Waals surface area contributed by atoms with E-state index in [1.807, 2.05) is 48.5 Å². The predicted molar refractivity (Wildman–Crippen MR) is 113 cm³/mol. The van der Waals surface area contributed by atoms with Gasteiger partial charge in [-0.3, -0.25) is 0 Å². The predicted octanol–water partition coefficient (Wildman–Crippen LogP) is 5.39. The van der Waals surface area contributed by atoms with Crippen LogP contribution < -0.4 is 5.32 Å². The summed E-state index contributed by atoms with van der Waals surface area (Å²) in [4.78, 5) is 24.0. The molecule has 3 aromatic rings. The molecule has 8 heteroatoms. The van der Waals surface area contributed by atoms with Crippen LogP contribution >= 0.6 is 15.9 Å². The molecule has 0 fully saturated rings. The molecule has 0 bridgehead atoms. The summed E-state index contributed by atoms with van der Waals surface area (Å²) in [6.07, 6.45) is -1.04. The van der Waals surface area contributed by atoms with Crippen LogP contribution in [0.4, 0.5) is 13.6 Å². The molecule has 0 saturated heterocycles. The van der Waals surface area contributed by atoms with Crippen molar-refractivity contribution in [1.29, 1.82) is 0 Å². The normalized spacial score (nSPS) is 13.3. The minimum atomic E-state index is -1.81. The van der Waals surface area contributed by atoms with E-state index in [-0.39, 0.29) is 17.0 Å². The number of carboxylic acid groups (broad SMARTS) is 1. The molecule has 5 nitrogen and oxygen atoms in total. The lowest BCUT2D eigenvalue weighted by Crippen LogP contribution is -2.35. The molecule has 1 aliphatic rings. The number of halogens is 3. The Morgan fingerprint density at radius 3 is 2.13 bits per heavy atom. The van der Waals surface area contributed by atoms with Gasteiger partial charge in [0.15, 0.2) is 17.7 Å². The van der Waals surface area contributed by atoms with Gasteiger partial charge in [-0.15, -0.1) is 0 Å². The summed E-state index contributed by atoms with van der Waals surface area (Å²) in [6.45, 7) is -0.0383. The maximum absolute atomic E-state index is 14.2. The number of aliphatic carboxylic acids is 1. The summed E-state index contributed by atoms with van der Waals surface area (Å²) in [5.74, 6) is -4.36. The van der Waals surface area contributed by atoms with Gasteiger partial charge in [0, 0.05) is 11.5 Å². The number of alkyl carbamates (subject to hydrolysis) is 1. The highest BCUT2D eigenvalue weighted by atomic mass is 79.9. The van der Waals surface area contributed by atoms with Crippen molar-refractivity contribution in [2.45, 2.75) is 12.0 Å². The SMILES string of the molecule is O=C(NC(C(=O)O)c1ccc(Br)c(F)c1F)OCC1c2ccccc2-c2ccccc21. The van der Waals surface area contributed by atoms with Gasteiger partial charge >= 0.3 is 12.1 Å². The molecule has 158 valence electrons. The Labute approximate surface area is 184 Å². The van der Waals surface area contributed by atoms with E-state index in [1.165, 1.54) is 6.07 Å². The zero-order chi connectivity index (χ0) is 22.1. The zero-order valence-corrected chi connectivity index (χ0v) is 17.5. The lowest BCUT2D eigenvalue weighted by molar-refractivity contribution is -0.139. The van der Waals surface area contributed by atoms with Gasteiger partial charge in [-0.25, -0.2) is 18.4 Å². The molecule has 0 heterocycles. The molecule has 0 spiro atoms. The van der Waals surface area contributed by atoms with E-state index >= 15 is 0 Å². The topological polar surface area (TPSA) is 75.6 Å². The summed E-state index contributed by atoms with van der Waals surface area (Å²) >= 11 is 2.83. The number of hydrogen-bond donors (Lipinski definition) is 2. The second-order valence-corrected chi connectivity index (χ2v) is 7.86. The Kier molecular flexibility index (Phi) is 5.73. The molecule has 1 unspecified atom stereocenters. The molecule has 2 N–H and O–H groups in total. The van der Waals surface area contributed by atoms with E-state index in [2.05, 4.69) is 21.2 Å². The summed E-state index contributed by atoms with van der Waals surface area (Å²) < 4.78 is 33.2. The quantitative estimate of drug-likeness (QED) is 0.473. The molecule has 3 aromatic carbocycles. The average molecular weight is 488 g/mol. The fourth-order valence-electron chi connectivity index (χ4n) is 3.79. The van der Waals surface area contributed by atoms with E-state index in [1.54, 1.807) is 0 Å². The van der Waals surface area contributed by atoms with Gasteiger partial charge in [-0.05, 0) is 44.3 Å². The number of nitrogens with one attached hydrogen (secondary N) is 1. The maximum atomic E-state index is 14.2. The van der Waals surface area contributed by atoms with E-state index in [4.69, 9.17) is 4.74 Å². The number of amides is 1. The number of carbonyl (C=O) groups excluding carboxylic acids is 1. The second-order valence-electron chi connectivity index (χ2n) is 7.01. The van der Waals surface area contributed by atoms with Gasteiger partial charge in [-0.1, -0.05) is 54.6 Å². The molecule has 1 atom stereocenters. The number of carbonyl (C=O) groups is 2. The van der Waals surface area contributed by atoms with Crippen molar-refractivity contribution in [3.63, 3.8) is 0 Å². The van der Waals surface area contributed by atoms with Crippen LogP contribution in [0, 0.1) is 11.6 Å². The number of ether oxygens (including phenoxy) is 1. The van der Waals surface area contributed by atoms with Crippen LogP contribution in [0.15, 0.2) is 65.1 Å². The molecule has 0 radical (unpaired) electrons. The third-order valence-electron chi connectivity index (χ3n) is 5.23. The highest BCUT2D eigenvalue weighted by molar-refractivity contribution is 9.10. The van der Waals surface area contributed by atoms with Crippen molar-refractivity contribution in [1.82, 2.24) is 5.32 Å². The molecule has 4 rings (SSSR count). The number of carboxylic acids is 1. The molecule has 31 heavy (non-hydrogen) atoms. The van der Waals surface area contributed by atoms with Crippen LogP contribution in [0.1, 0.15) is 28.7 Å². The fourth-order valence-corrected chi connectivity index (χ4v) is 4.10. The third kappa shape index (κ3) is 3.90. The minimum absolute atomic E-state index is 0.0383. The second kappa shape index (κ2) is 8.47. The first-order valence-corrected chi connectivity index (χ1v) is 10.2. The van der Waals surface area contributed by atoms with E-state index in [0.717, 1.165) is 28.3 Å². The Balaban J connectivity index is 1.51. The van der Waals surface area contributed by atoms with Crippen LogP contribution in [0.5, 0.6) is 0 Å². The number of hydrogen-bond acceptors (Lipinski definition) is 3. The van der Waals surface area contributed by atoms with Crippen molar-refractivity contribution in [3.8, 4) is 11.1 Å². The van der Waals surface area contributed by atoms with Gasteiger partial charge < -0.3 is 15.2 Å². The van der Waals surface area contributed by atoms with Crippen molar-refractivity contribution < 1.29 is 28.2 Å². The lowest BCUT2D eigenvalue weighted by Gasteiger charge is -2.18. The smallest absolute Gasteiger partial charge is 0.408 e. The minimum Gasteiger partial charge on any atom is -0.479 e. The summed E-state index contributed by atoms with van der Waals surface area (Å²) in [5, 5.41) is 11.5. The average Bonchev–Trinajstić information content (AvgIpc) is 3.09. The maximum Gasteiger partial charge on any atom is 0.408 e. The first-order valence-electron chi connectivity index (χ1n) is 9.36. The van der Waals surface area contributed by atoms with E-state index < -0.39 is 35.3 Å². The number of fused-ring (bicyclic) bond motifs is 3. The Hall–Kier alpha value is -3.26. The third-order valence-corrected chi connectivity index (χ3v) is 5.84. The lowest BCUT2D eigenvalue weighted by atomic mass is 9.98. The Morgan fingerprint density at radius 2 is 1.55 bits per heavy atom. The summed E-state index contributed by atoms with van der Waals surface area (Å²) in [6, 6.07) is 15.9. The molecule has 1 aliphatic carbocycles. The van der Waals surface area contributed by atoms with Gasteiger partial charge in [0.25, 0.3) is 0 Å². The number of rotatable bonds is 5. The van der Waals surface area contributed by atoms with Crippen LogP contribution in [-0.4, -0.2) is 23.8 Å². The highest BCUT2D eigenvalue weighted by Crippen LogP contribution is 2.44. The van der Waals surface area contributed by atoms with Crippen LogP contribution in [0.3, 0.4) is 0 Å². The van der Waals surface area contributed by atoms with Gasteiger partial charge in [-0.2, -0.15) is 0 Å². The Bertz CT molecular complexity index is 1140. The highest BCUT2D eigenvalue weighted by Gasteiger charge is 2.31. The van der Waals surface area contributed by atoms with E-state index in [0.29, 0.717) is 0 Å². The van der Waals surface area contributed by atoms with Crippen molar-refractivity contribution in [3.05, 3.63) is 93.5 Å². The molecule has 1 amide bonds. The standard InChI is InChI=1S/C23H16BrF2NO4/c24-18-10-9-16(19(25)20(18)26)21(22(28)29)27-23(30)31-11-17-14-7-3-1-5-12(14)13-6-2-4-8-15(13)17/h1-10,17,21H,11H2,(H,27,30)(H,28,29). The van der Waals surface area contributed by atoms with Gasteiger partial charge in [0.1, 0.15) is 6.61 Å². The van der Waals surface area contributed by atoms with Crippen molar-refractivity contribution >= 4 is 28.0 Å². The van der Waals surface area contributed by atoms with Crippen molar-refractivity contribution in [2.24, 2.45) is 0 Å². The fraction of sp³-hybridized carbons (Fsp3) is 0.130.